The second kappa shape index (κ2) is 4.75. The molecule has 0 aromatic heterocycles. The monoisotopic (exact) mass is 189 g/mol. The number of rotatable bonds is 2. The van der Waals surface area contributed by atoms with Crippen molar-refractivity contribution in [2.75, 3.05) is 26.2 Å². The highest BCUT2D eigenvalue weighted by molar-refractivity contribution is 7.13. The Morgan fingerprint density at radius 3 is 3.17 bits per heavy atom. The third-order valence-corrected chi connectivity index (χ3v) is 2.34. The Labute approximate surface area is 75.3 Å². The molecule has 0 bridgehead atoms. The van der Waals surface area contributed by atoms with Gasteiger partial charge >= 0.3 is 0 Å². The number of likely N-dealkylation sites (N-methyl/N-ethyl adjacent to an activating group) is 1. The van der Waals surface area contributed by atoms with Crippen molar-refractivity contribution in [3.8, 4) is 0 Å². The summed E-state index contributed by atoms with van der Waals surface area (Å²) in [7, 11) is 2.62. The molecule has 0 aromatic carbocycles. The lowest BCUT2D eigenvalue weighted by Gasteiger charge is -2.29. The Morgan fingerprint density at radius 1 is 1.83 bits per heavy atom. The Kier molecular flexibility index (Phi) is 3.92. The van der Waals surface area contributed by atoms with Crippen LogP contribution in [-0.2, 0) is 4.79 Å². The Balaban J connectivity index is 2.35. The summed E-state index contributed by atoms with van der Waals surface area (Å²) < 4.78 is 2.08. The number of amides is 1. The lowest BCUT2D eigenvalue weighted by atomic mass is 10.2. The molecule has 5 heteroatoms. The maximum Gasteiger partial charge on any atom is 0.238 e. The van der Waals surface area contributed by atoms with Crippen LogP contribution in [0.1, 0.15) is 6.92 Å². The van der Waals surface area contributed by atoms with Crippen molar-refractivity contribution in [3.05, 3.63) is 0 Å². The average Bonchev–Trinajstić information content (AvgIpc) is 2.05. The zero-order valence-electron chi connectivity index (χ0n) is 7.34. The van der Waals surface area contributed by atoms with Gasteiger partial charge in [-0.15, -0.1) is 0 Å². The standard InChI is InChI=1S/C7H16N3OP/c1-2-8-7(11)6-5-10(12)4-3-9-6/h6,9H,2-5,12H2,1H3,(H,8,11)/t6-/m0/s1. The van der Waals surface area contributed by atoms with Crippen molar-refractivity contribution < 1.29 is 4.79 Å². The van der Waals surface area contributed by atoms with Crippen molar-refractivity contribution in [2.24, 2.45) is 0 Å². The quantitative estimate of drug-likeness (QED) is 0.558. The zero-order valence-corrected chi connectivity index (χ0v) is 8.49. The van der Waals surface area contributed by atoms with E-state index < -0.39 is 0 Å². The van der Waals surface area contributed by atoms with E-state index in [1.807, 2.05) is 6.92 Å². The van der Waals surface area contributed by atoms with Gasteiger partial charge in [-0.2, -0.15) is 0 Å². The third-order valence-electron chi connectivity index (χ3n) is 1.87. The number of carbonyl (C=O) groups is 1. The van der Waals surface area contributed by atoms with Crippen molar-refractivity contribution in [1.29, 1.82) is 0 Å². The molecule has 1 aliphatic heterocycles. The topological polar surface area (TPSA) is 44.4 Å². The normalized spacial score (nSPS) is 25.3. The number of nitrogens with one attached hydrogen (secondary N) is 2. The molecule has 1 aliphatic rings. The van der Waals surface area contributed by atoms with E-state index in [1.165, 1.54) is 0 Å². The second-order valence-corrected chi connectivity index (χ2v) is 3.63. The molecule has 0 saturated carbocycles. The van der Waals surface area contributed by atoms with E-state index in [0.29, 0.717) is 6.54 Å². The van der Waals surface area contributed by atoms with Gasteiger partial charge in [0.15, 0.2) is 0 Å². The minimum atomic E-state index is -0.0452. The minimum absolute atomic E-state index is 0.0452. The molecule has 1 saturated heterocycles. The molecule has 0 spiro atoms. The SMILES string of the molecule is CCNC(=O)[C@@H]1CN(P)CCN1. The summed E-state index contributed by atoms with van der Waals surface area (Å²) in [5.74, 6) is 0.102. The third kappa shape index (κ3) is 2.70. The van der Waals surface area contributed by atoms with E-state index in [-0.39, 0.29) is 11.9 Å². The lowest BCUT2D eigenvalue weighted by Crippen LogP contribution is -2.54. The average molecular weight is 189 g/mol. The van der Waals surface area contributed by atoms with E-state index >= 15 is 0 Å². The Morgan fingerprint density at radius 2 is 2.58 bits per heavy atom. The summed E-state index contributed by atoms with van der Waals surface area (Å²) in [6.45, 7) is 5.27. The van der Waals surface area contributed by atoms with Gasteiger partial charge in [-0.3, -0.25) is 9.46 Å². The fourth-order valence-electron chi connectivity index (χ4n) is 1.25. The summed E-state index contributed by atoms with van der Waals surface area (Å²) >= 11 is 0. The first kappa shape index (κ1) is 9.90. The van der Waals surface area contributed by atoms with Crippen LogP contribution in [0.25, 0.3) is 0 Å². The molecule has 12 heavy (non-hydrogen) atoms. The number of hydrogen-bond donors (Lipinski definition) is 2. The van der Waals surface area contributed by atoms with Gasteiger partial charge in [0.1, 0.15) is 0 Å². The van der Waals surface area contributed by atoms with Crippen LogP contribution in [-0.4, -0.2) is 42.8 Å². The molecular formula is C7H16N3OP. The maximum atomic E-state index is 11.3. The summed E-state index contributed by atoms with van der Waals surface area (Å²) in [5, 5.41) is 5.97. The van der Waals surface area contributed by atoms with Gasteiger partial charge in [-0.05, 0) is 6.92 Å². The molecule has 0 aromatic rings. The van der Waals surface area contributed by atoms with Crippen molar-refractivity contribution in [1.82, 2.24) is 15.3 Å². The van der Waals surface area contributed by atoms with E-state index in [0.717, 1.165) is 19.6 Å². The Hall–Kier alpha value is -0.180. The molecule has 0 aliphatic carbocycles. The first-order valence-corrected chi connectivity index (χ1v) is 4.76. The van der Waals surface area contributed by atoms with E-state index in [4.69, 9.17) is 0 Å². The fourth-order valence-corrected chi connectivity index (χ4v) is 1.59. The van der Waals surface area contributed by atoms with Gasteiger partial charge in [0, 0.05) is 26.2 Å². The number of carbonyl (C=O) groups excluding carboxylic acids is 1. The van der Waals surface area contributed by atoms with Crippen molar-refractivity contribution in [3.63, 3.8) is 0 Å². The summed E-state index contributed by atoms with van der Waals surface area (Å²) in [5.41, 5.74) is 0. The van der Waals surface area contributed by atoms with E-state index in [2.05, 4.69) is 24.7 Å². The zero-order chi connectivity index (χ0) is 8.97. The molecule has 2 atom stereocenters. The molecule has 1 unspecified atom stereocenters. The van der Waals surface area contributed by atoms with Crippen LogP contribution in [0.4, 0.5) is 0 Å². The smallest absolute Gasteiger partial charge is 0.238 e. The highest BCUT2D eigenvalue weighted by Gasteiger charge is 2.22. The molecular weight excluding hydrogens is 173 g/mol. The molecule has 1 fully saturated rings. The molecule has 70 valence electrons. The van der Waals surface area contributed by atoms with Gasteiger partial charge in [-0.1, -0.05) is 9.39 Å². The lowest BCUT2D eigenvalue weighted by molar-refractivity contribution is -0.123. The molecule has 1 rings (SSSR count). The van der Waals surface area contributed by atoms with Crippen LogP contribution in [0, 0.1) is 0 Å². The van der Waals surface area contributed by atoms with E-state index in [1.54, 1.807) is 0 Å². The predicted molar refractivity (Wildman–Crippen MR) is 51.8 cm³/mol. The minimum Gasteiger partial charge on any atom is -0.355 e. The number of hydrogen-bond acceptors (Lipinski definition) is 3. The van der Waals surface area contributed by atoms with Crippen LogP contribution in [0.5, 0.6) is 0 Å². The molecule has 1 heterocycles. The highest BCUT2D eigenvalue weighted by atomic mass is 31.0. The van der Waals surface area contributed by atoms with Crippen LogP contribution >= 0.6 is 9.39 Å². The van der Waals surface area contributed by atoms with Crippen LogP contribution in [0.3, 0.4) is 0 Å². The van der Waals surface area contributed by atoms with Crippen molar-refractivity contribution >= 4 is 15.3 Å². The summed E-state index contributed by atoms with van der Waals surface area (Å²) in [6.07, 6.45) is 0. The van der Waals surface area contributed by atoms with E-state index in [9.17, 15) is 4.79 Å². The van der Waals surface area contributed by atoms with Gasteiger partial charge in [0.25, 0.3) is 0 Å². The highest BCUT2D eigenvalue weighted by Crippen LogP contribution is 2.03. The largest absolute Gasteiger partial charge is 0.355 e. The van der Waals surface area contributed by atoms with Gasteiger partial charge in [0.05, 0.1) is 6.04 Å². The Bertz CT molecular complexity index is 165. The number of nitrogens with zero attached hydrogens (tertiary/aromatic N) is 1. The first-order chi connectivity index (χ1) is 5.74. The summed E-state index contributed by atoms with van der Waals surface area (Å²) in [6, 6.07) is -0.0452. The number of piperazine rings is 1. The maximum absolute atomic E-state index is 11.3. The van der Waals surface area contributed by atoms with Gasteiger partial charge in [-0.25, -0.2) is 0 Å². The molecule has 0 radical (unpaired) electrons. The van der Waals surface area contributed by atoms with Crippen LogP contribution in [0.2, 0.25) is 0 Å². The molecule has 2 N–H and O–H groups in total. The van der Waals surface area contributed by atoms with Crippen LogP contribution in [0.15, 0.2) is 0 Å². The second-order valence-electron chi connectivity index (χ2n) is 2.90. The first-order valence-electron chi connectivity index (χ1n) is 4.24. The van der Waals surface area contributed by atoms with Crippen LogP contribution < -0.4 is 10.6 Å². The predicted octanol–water partition coefficient (Wildman–Crippen LogP) is -0.814. The van der Waals surface area contributed by atoms with Gasteiger partial charge in [0.2, 0.25) is 5.91 Å². The fraction of sp³-hybridized carbons (Fsp3) is 0.857. The van der Waals surface area contributed by atoms with Gasteiger partial charge < -0.3 is 10.6 Å². The molecule has 1 amide bonds. The van der Waals surface area contributed by atoms with Crippen molar-refractivity contribution in [2.45, 2.75) is 13.0 Å². The molecule has 4 nitrogen and oxygen atoms in total. The summed E-state index contributed by atoms with van der Waals surface area (Å²) in [4.78, 5) is 11.3.